The average Bonchev–Trinajstić information content (AvgIpc) is 2.45. The SMILES string of the molecule is N=C(N)NCCC[C@H](N)C(=O)N[C@H](CCCNC(=N)N)C(=O)O. The second-order valence-corrected chi connectivity index (χ2v) is 4.97. The summed E-state index contributed by atoms with van der Waals surface area (Å²) >= 11 is 0. The van der Waals surface area contributed by atoms with Crippen molar-refractivity contribution in [2.75, 3.05) is 13.1 Å². The largest absolute Gasteiger partial charge is 0.480 e. The molecule has 2 atom stereocenters. The first-order valence-corrected chi connectivity index (χ1v) is 7.18. The van der Waals surface area contributed by atoms with E-state index in [0.29, 0.717) is 32.4 Å². The fourth-order valence-electron chi connectivity index (χ4n) is 1.74. The van der Waals surface area contributed by atoms with Crippen LogP contribution in [0.15, 0.2) is 0 Å². The molecule has 11 nitrogen and oxygen atoms in total. The second kappa shape index (κ2) is 11.1. The molecule has 0 aromatic heterocycles. The van der Waals surface area contributed by atoms with Crippen molar-refractivity contribution in [3.63, 3.8) is 0 Å². The third kappa shape index (κ3) is 10.8. The molecule has 0 aliphatic heterocycles. The molecular weight excluding hydrogens is 304 g/mol. The van der Waals surface area contributed by atoms with E-state index < -0.39 is 24.0 Å². The number of rotatable bonds is 11. The van der Waals surface area contributed by atoms with Crippen molar-refractivity contribution in [2.45, 2.75) is 37.8 Å². The number of hydrogen-bond donors (Lipinski definition) is 9. The summed E-state index contributed by atoms with van der Waals surface area (Å²) in [6, 6.07) is -1.88. The normalized spacial score (nSPS) is 12.7. The van der Waals surface area contributed by atoms with Crippen LogP contribution in [0.1, 0.15) is 25.7 Å². The number of carbonyl (C=O) groups is 2. The number of carbonyl (C=O) groups excluding carboxylic acids is 1. The van der Waals surface area contributed by atoms with Crippen LogP contribution in [0.2, 0.25) is 0 Å². The van der Waals surface area contributed by atoms with Gasteiger partial charge in [-0.05, 0) is 25.7 Å². The molecule has 132 valence electrons. The summed E-state index contributed by atoms with van der Waals surface area (Å²) in [4.78, 5) is 23.0. The number of carboxylic acids is 1. The minimum absolute atomic E-state index is 0.159. The molecule has 11 heteroatoms. The summed E-state index contributed by atoms with van der Waals surface area (Å²) in [5.41, 5.74) is 15.9. The van der Waals surface area contributed by atoms with Crippen LogP contribution >= 0.6 is 0 Å². The molecule has 0 aromatic carbocycles. The van der Waals surface area contributed by atoms with Gasteiger partial charge in [0.1, 0.15) is 6.04 Å². The summed E-state index contributed by atoms with van der Waals surface area (Å²) in [6.07, 6.45) is 1.48. The Morgan fingerprint density at radius 3 is 1.91 bits per heavy atom. The Morgan fingerprint density at radius 1 is 1.00 bits per heavy atom. The minimum atomic E-state index is -1.15. The van der Waals surface area contributed by atoms with Crippen molar-refractivity contribution >= 4 is 23.8 Å². The molecule has 0 aromatic rings. The Labute approximate surface area is 134 Å². The van der Waals surface area contributed by atoms with Crippen molar-refractivity contribution in [3.05, 3.63) is 0 Å². The molecule has 23 heavy (non-hydrogen) atoms. The highest BCUT2D eigenvalue weighted by Crippen LogP contribution is 2.00. The highest BCUT2D eigenvalue weighted by Gasteiger charge is 2.22. The van der Waals surface area contributed by atoms with Crippen LogP contribution in [0.5, 0.6) is 0 Å². The number of carboxylic acid groups (broad SMARTS) is 1. The maximum atomic E-state index is 11.9. The van der Waals surface area contributed by atoms with Crippen LogP contribution in [0.3, 0.4) is 0 Å². The lowest BCUT2D eigenvalue weighted by Gasteiger charge is -2.18. The first kappa shape index (κ1) is 20.4. The first-order valence-electron chi connectivity index (χ1n) is 7.18. The van der Waals surface area contributed by atoms with Crippen LogP contribution < -0.4 is 33.2 Å². The van der Waals surface area contributed by atoms with Gasteiger partial charge in [-0.2, -0.15) is 0 Å². The predicted octanol–water partition coefficient (Wildman–Crippen LogP) is -2.59. The monoisotopic (exact) mass is 330 g/mol. The Balaban J connectivity index is 4.14. The maximum Gasteiger partial charge on any atom is 0.326 e. The zero-order valence-electron chi connectivity index (χ0n) is 12.9. The summed E-state index contributed by atoms with van der Waals surface area (Å²) in [6.45, 7) is 0.757. The smallest absolute Gasteiger partial charge is 0.326 e. The minimum Gasteiger partial charge on any atom is -0.480 e. The highest BCUT2D eigenvalue weighted by atomic mass is 16.4. The van der Waals surface area contributed by atoms with E-state index in [1.807, 2.05) is 0 Å². The van der Waals surface area contributed by atoms with E-state index >= 15 is 0 Å². The number of nitrogens with one attached hydrogen (secondary N) is 5. The zero-order chi connectivity index (χ0) is 17.8. The number of aliphatic carboxylic acids is 1. The molecule has 0 spiro atoms. The lowest BCUT2D eigenvalue weighted by Crippen LogP contribution is -2.48. The van der Waals surface area contributed by atoms with E-state index in [4.69, 9.17) is 33.1 Å². The van der Waals surface area contributed by atoms with Crippen LogP contribution in [-0.2, 0) is 9.59 Å². The molecule has 0 fully saturated rings. The van der Waals surface area contributed by atoms with Crippen molar-refractivity contribution < 1.29 is 14.7 Å². The van der Waals surface area contributed by atoms with Gasteiger partial charge in [-0.25, -0.2) is 4.79 Å². The van der Waals surface area contributed by atoms with Gasteiger partial charge in [-0.1, -0.05) is 0 Å². The zero-order valence-corrected chi connectivity index (χ0v) is 12.9. The summed E-state index contributed by atoms with van der Waals surface area (Å²) in [7, 11) is 0. The molecule has 12 N–H and O–H groups in total. The van der Waals surface area contributed by atoms with E-state index in [1.165, 1.54) is 0 Å². The molecule has 0 aliphatic carbocycles. The fourth-order valence-corrected chi connectivity index (χ4v) is 1.74. The molecule has 0 saturated heterocycles. The van der Waals surface area contributed by atoms with E-state index in [-0.39, 0.29) is 18.3 Å². The van der Waals surface area contributed by atoms with Crippen LogP contribution in [0, 0.1) is 10.8 Å². The van der Waals surface area contributed by atoms with E-state index in [1.54, 1.807) is 0 Å². The van der Waals surface area contributed by atoms with Crippen molar-refractivity contribution in [1.82, 2.24) is 16.0 Å². The van der Waals surface area contributed by atoms with Gasteiger partial charge in [-0.3, -0.25) is 15.6 Å². The van der Waals surface area contributed by atoms with Gasteiger partial charge in [0.05, 0.1) is 6.04 Å². The van der Waals surface area contributed by atoms with E-state index in [0.717, 1.165) is 0 Å². The summed E-state index contributed by atoms with van der Waals surface area (Å²) in [5, 5.41) is 30.6. The third-order valence-electron chi connectivity index (χ3n) is 2.94. The summed E-state index contributed by atoms with van der Waals surface area (Å²) in [5.74, 6) is -2.04. The number of nitrogens with two attached hydrogens (primary N) is 3. The Morgan fingerprint density at radius 2 is 1.48 bits per heavy atom. The molecule has 0 aliphatic rings. The molecule has 0 heterocycles. The van der Waals surface area contributed by atoms with Crippen molar-refractivity contribution in [2.24, 2.45) is 17.2 Å². The van der Waals surface area contributed by atoms with E-state index in [9.17, 15) is 9.59 Å². The molecule has 0 bridgehead atoms. The van der Waals surface area contributed by atoms with Gasteiger partial charge < -0.3 is 38.3 Å². The van der Waals surface area contributed by atoms with Gasteiger partial charge in [0.25, 0.3) is 0 Å². The molecular formula is C12H26N8O3. The molecule has 0 unspecified atom stereocenters. The third-order valence-corrected chi connectivity index (χ3v) is 2.94. The second-order valence-electron chi connectivity index (χ2n) is 4.97. The predicted molar refractivity (Wildman–Crippen MR) is 85.8 cm³/mol. The van der Waals surface area contributed by atoms with Gasteiger partial charge >= 0.3 is 5.97 Å². The Kier molecular flexibility index (Phi) is 9.83. The first-order chi connectivity index (χ1) is 10.7. The van der Waals surface area contributed by atoms with Gasteiger partial charge in [0.2, 0.25) is 5.91 Å². The number of guanidine groups is 2. The quantitative estimate of drug-likeness (QED) is 0.111. The lowest BCUT2D eigenvalue weighted by atomic mass is 10.1. The lowest BCUT2D eigenvalue weighted by molar-refractivity contribution is -0.142. The van der Waals surface area contributed by atoms with Gasteiger partial charge in [0.15, 0.2) is 11.9 Å². The molecule has 0 rings (SSSR count). The van der Waals surface area contributed by atoms with Crippen LogP contribution in [-0.4, -0.2) is 54.1 Å². The van der Waals surface area contributed by atoms with Crippen molar-refractivity contribution in [3.8, 4) is 0 Å². The summed E-state index contributed by atoms with van der Waals surface area (Å²) < 4.78 is 0. The Hall–Kier alpha value is -2.56. The molecule has 0 radical (unpaired) electrons. The van der Waals surface area contributed by atoms with Gasteiger partial charge in [-0.15, -0.1) is 0 Å². The standard InChI is InChI=1S/C12H26N8O3/c13-7(3-1-5-18-11(14)15)9(21)20-8(10(22)23)4-2-6-19-12(16)17/h7-8H,1-6,13H2,(H,20,21)(H,22,23)(H4,14,15,18)(H4,16,17,19)/t7-,8+/m0/s1. The maximum absolute atomic E-state index is 11.9. The number of hydrogen-bond acceptors (Lipinski definition) is 5. The topological polar surface area (TPSA) is 216 Å². The van der Waals surface area contributed by atoms with E-state index in [2.05, 4.69) is 16.0 Å². The number of amides is 1. The molecule has 1 amide bonds. The Bertz CT molecular complexity index is 429. The van der Waals surface area contributed by atoms with Crippen LogP contribution in [0.25, 0.3) is 0 Å². The fraction of sp³-hybridized carbons (Fsp3) is 0.667. The van der Waals surface area contributed by atoms with Crippen molar-refractivity contribution in [1.29, 1.82) is 10.8 Å². The van der Waals surface area contributed by atoms with Crippen LogP contribution in [0.4, 0.5) is 0 Å². The highest BCUT2D eigenvalue weighted by molar-refractivity contribution is 5.86. The van der Waals surface area contributed by atoms with Gasteiger partial charge in [0, 0.05) is 13.1 Å². The average molecular weight is 330 g/mol. The molecule has 0 saturated carbocycles.